The van der Waals surface area contributed by atoms with E-state index in [0.717, 1.165) is 0 Å². The van der Waals surface area contributed by atoms with Crippen molar-refractivity contribution in [3.63, 3.8) is 0 Å². The molecule has 0 heterocycles. The molecule has 0 aromatic heterocycles. The van der Waals surface area contributed by atoms with Gasteiger partial charge in [-0.2, -0.15) is 18.4 Å². The molecule has 4 nitrogen and oxygen atoms in total. The van der Waals surface area contributed by atoms with E-state index in [9.17, 15) is 23.1 Å². The van der Waals surface area contributed by atoms with E-state index < -0.39 is 24.1 Å². The molecule has 25 heavy (non-hydrogen) atoms. The Morgan fingerprint density at radius 2 is 1.96 bits per heavy atom. The molecule has 0 atom stereocenters. The van der Waals surface area contributed by atoms with Crippen molar-refractivity contribution in [2.24, 2.45) is 0 Å². The lowest BCUT2D eigenvalue weighted by Gasteiger charge is -2.20. The maximum absolute atomic E-state index is 13.5. The summed E-state index contributed by atoms with van der Waals surface area (Å²) in [6.07, 6.45) is -5.05. The largest absolute Gasteiger partial charge is 0.478 e. The number of carboxylic acid groups (broad SMARTS) is 1. The Morgan fingerprint density at radius 3 is 2.52 bits per heavy atom. The summed E-state index contributed by atoms with van der Waals surface area (Å²) in [6.45, 7) is 1.28. The first-order valence-electron chi connectivity index (χ1n) is 7.02. The average Bonchev–Trinajstić information content (AvgIpc) is 2.51. The minimum atomic E-state index is -4.65. The minimum Gasteiger partial charge on any atom is -0.478 e. The van der Waals surface area contributed by atoms with Crippen LogP contribution in [0, 0.1) is 18.3 Å². The topological polar surface area (TPSA) is 73.1 Å². The second kappa shape index (κ2) is 7.15. The number of anilines is 2. The number of nitrogens with one attached hydrogen (secondary N) is 1. The number of aromatic carboxylic acids is 1. The molecule has 2 rings (SSSR count). The first-order valence-corrected chi connectivity index (χ1v) is 7.81. The molecular weight excluding hydrogens is 401 g/mol. The molecule has 0 saturated carbocycles. The molecule has 8 heteroatoms. The van der Waals surface area contributed by atoms with Crippen LogP contribution in [0.3, 0.4) is 0 Å². The van der Waals surface area contributed by atoms with Crippen LogP contribution in [0.15, 0.2) is 34.8 Å². The van der Waals surface area contributed by atoms with Crippen LogP contribution in [-0.4, -0.2) is 11.1 Å². The van der Waals surface area contributed by atoms with Gasteiger partial charge in [-0.1, -0.05) is 28.1 Å². The fraction of sp³-hybridized carbons (Fsp3) is 0.176. The van der Waals surface area contributed by atoms with E-state index in [0.29, 0.717) is 0 Å². The van der Waals surface area contributed by atoms with E-state index in [4.69, 9.17) is 5.26 Å². The summed E-state index contributed by atoms with van der Waals surface area (Å²) in [5.41, 5.74) is -0.946. The second-order valence-corrected chi connectivity index (χ2v) is 6.05. The first kappa shape index (κ1) is 18.8. The fourth-order valence-corrected chi connectivity index (χ4v) is 3.06. The highest BCUT2D eigenvalue weighted by molar-refractivity contribution is 9.10. The lowest BCUT2D eigenvalue weighted by Crippen LogP contribution is -2.14. The quantitative estimate of drug-likeness (QED) is 0.715. The summed E-state index contributed by atoms with van der Waals surface area (Å²) in [6, 6.07) is 9.06. The molecule has 0 aliphatic rings. The zero-order chi connectivity index (χ0) is 18.8. The molecule has 0 aliphatic carbocycles. The van der Waals surface area contributed by atoms with Gasteiger partial charge in [0.25, 0.3) is 0 Å². The number of nitrogens with zero attached hydrogens (tertiary/aromatic N) is 1. The molecule has 0 fully saturated rings. The SMILES string of the molecule is Cc1c(Nc2ccccc2C(=O)O)cc(Br)c(CC#N)c1C(F)(F)F. The van der Waals surface area contributed by atoms with Crippen molar-refractivity contribution in [1.82, 2.24) is 0 Å². The predicted octanol–water partition coefficient (Wildman–Crippen LogP) is 5.28. The number of carboxylic acids is 1. The molecule has 2 aromatic rings. The van der Waals surface area contributed by atoms with Gasteiger partial charge in [0.2, 0.25) is 0 Å². The van der Waals surface area contributed by atoms with Gasteiger partial charge in [0, 0.05) is 10.2 Å². The number of carbonyl (C=O) groups is 1. The van der Waals surface area contributed by atoms with Gasteiger partial charge >= 0.3 is 12.1 Å². The number of hydrogen-bond donors (Lipinski definition) is 2. The van der Waals surface area contributed by atoms with E-state index in [1.54, 1.807) is 12.1 Å². The summed E-state index contributed by atoms with van der Waals surface area (Å²) in [7, 11) is 0. The van der Waals surface area contributed by atoms with Crippen LogP contribution >= 0.6 is 15.9 Å². The molecule has 2 aromatic carbocycles. The van der Waals surface area contributed by atoms with E-state index >= 15 is 0 Å². The van der Waals surface area contributed by atoms with Gasteiger partial charge in [-0.25, -0.2) is 4.79 Å². The van der Waals surface area contributed by atoms with Gasteiger partial charge in [0.1, 0.15) is 0 Å². The van der Waals surface area contributed by atoms with Crippen molar-refractivity contribution in [3.8, 4) is 6.07 Å². The number of para-hydroxylation sites is 1. The zero-order valence-electron chi connectivity index (χ0n) is 12.9. The Labute approximate surface area is 150 Å². The van der Waals surface area contributed by atoms with Crippen molar-refractivity contribution in [2.45, 2.75) is 19.5 Å². The summed E-state index contributed by atoms with van der Waals surface area (Å²) in [5.74, 6) is -1.20. The van der Waals surface area contributed by atoms with Crippen LogP contribution in [-0.2, 0) is 12.6 Å². The lowest BCUT2D eigenvalue weighted by atomic mass is 9.97. The van der Waals surface area contributed by atoms with Crippen LogP contribution in [0.2, 0.25) is 0 Å². The summed E-state index contributed by atoms with van der Waals surface area (Å²) < 4.78 is 40.6. The Bertz CT molecular complexity index is 873. The van der Waals surface area contributed by atoms with Crippen molar-refractivity contribution >= 4 is 33.3 Å². The Hall–Kier alpha value is -2.53. The third-order valence-corrected chi connectivity index (χ3v) is 4.31. The molecule has 2 N–H and O–H groups in total. The third-order valence-electron chi connectivity index (χ3n) is 3.61. The number of nitriles is 1. The third kappa shape index (κ3) is 3.94. The van der Waals surface area contributed by atoms with Crippen molar-refractivity contribution in [1.29, 1.82) is 5.26 Å². The van der Waals surface area contributed by atoms with Crippen molar-refractivity contribution < 1.29 is 23.1 Å². The predicted molar refractivity (Wildman–Crippen MR) is 89.9 cm³/mol. The molecule has 0 saturated heterocycles. The highest BCUT2D eigenvalue weighted by Gasteiger charge is 2.37. The standard InChI is InChI=1S/C17H12BrF3N2O2/c1-9-14(23-13-5-3-2-4-11(13)16(24)25)8-12(18)10(6-7-22)15(9)17(19,20)21/h2-5,8,23H,6H2,1H3,(H,24,25). The highest BCUT2D eigenvalue weighted by atomic mass is 79.9. The highest BCUT2D eigenvalue weighted by Crippen LogP contribution is 2.41. The van der Waals surface area contributed by atoms with E-state index in [2.05, 4.69) is 21.2 Å². The van der Waals surface area contributed by atoms with E-state index in [1.807, 2.05) is 0 Å². The second-order valence-electron chi connectivity index (χ2n) is 5.19. The molecule has 0 bridgehead atoms. The zero-order valence-corrected chi connectivity index (χ0v) is 14.5. The van der Waals surface area contributed by atoms with Gasteiger partial charge in [0.05, 0.1) is 29.3 Å². The molecule has 0 unspecified atom stereocenters. The minimum absolute atomic E-state index is 0.0623. The number of benzene rings is 2. The number of halogens is 4. The summed E-state index contributed by atoms with van der Waals surface area (Å²) in [4.78, 5) is 11.3. The van der Waals surface area contributed by atoms with Gasteiger partial charge in [-0.15, -0.1) is 0 Å². The monoisotopic (exact) mass is 412 g/mol. The van der Waals surface area contributed by atoms with Gasteiger partial charge < -0.3 is 10.4 Å². The molecule has 0 amide bonds. The fourth-order valence-electron chi connectivity index (χ4n) is 2.49. The molecule has 0 radical (unpaired) electrons. The number of alkyl halides is 3. The molecule has 130 valence electrons. The number of hydrogen-bond acceptors (Lipinski definition) is 3. The van der Waals surface area contributed by atoms with Crippen LogP contribution < -0.4 is 5.32 Å². The summed E-state index contributed by atoms with van der Waals surface area (Å²) in [5, 5.41) is 20.8. The van der Waals surface area contributed by atoms with Crippen LogP contribution in [0.1, 0.15) is 27.0 Å². The molecule has 0 aliphatic heterocycles. The van der Waals surface area contributed by atoms with Crippen LogP contribution in [0.4, 0.5) is 24.5 Å². The van der Waals surface area contributed by atoms with E-state index in [1.165, 1.54) is 31.2 Å². The van der Waals surface area contributed by atoms with Gasteiger partial charge in [-0.05, 0) is 36.2 Å². The van der Waals surface area contributed by atoms with Crippen LogP contribution in [0.5, 0.6) is 0 Å². The maximum Gasteiger partial charge on any atom is 0.417 e. The molecule has 0 spiro atoms. The lowest BCUT2D eigenvalue weighted by molar-refractivity contribution is -0.138. The average molecular weight is 413 g/mol. The Morgan fingerprint density at radius 1 is 1.32 bits per heavy atom. The first-order chi connectivity index (χ1) is 11.7. The normalized spacial score (nSPS) is 11.0. The number of rotatable bonds is 4. The van der Waals surface area contributed by atoms with Crippen molar-refractivity contribution in [3.05, 3.63) is 57.1 Å². The Kier molecular flexibility index (Phi) is 5.38. The summed E-state index contributed by atoms with van der Waals surface area (Å²) >= 11 is 3.08. The maximum atomic E-state index is 13.5. The Balaban J connectivity index is 2.63. The van der Waals surface area contributed by atoms with Crippen molar-refractivity contribution in [2.75, 3.05) is 5.32 Å². The van der Waals surface area contributed by atoms with E-state index in [-0.39, 0.29) is 32.5 Å². The van der Waals surface area contributed by atoms with Gasteiger partial charge in [0.15, 0.2) is 0 Å². The smallest absolute Gasteiger partial charge is 0.417 e. The molecular formula is C17H12BrF3N2O2. The van der Waals surface area contributed by atoms with Crippen LogP contribution in [0.25, 0.3) is 0 Å². The van der Waals surface area contributed by atoms with Gasteiger partial charge in [-0.3, -0.25) is 0 Å².